The predicted octanol–water partition coefficient (Wildman–Crippen LogP) is 5.68. The molecule has 14 heteroatoms. The van der Waals surface area contributed by atoms with Crippen LogP contribution in [0.3, 0.4) is 0 Å². The van der Waals surface area contributed by atoms with Gasteiger partial charge in [0.05, 0.1) is 10.4 Å². The Kier molecular flexibility index (Phi) is 9.22. The van der Waals surface area contributed by atoms with Crippen LogP contribution in [0.25, 0.3) is 10.9 Å². The van der Waals surface area contributed by atoms with Gasteiger partial charge in [-0.15, -0.1) is 24.8 Å². The van der Waals surface area contributed by atoms with E-state index in [4.69, 9.17) is 11.5 Å². The number of nitrogens with zero attached hydrogens (tertiary/aromatic N) is 4. The molecule has 0 aliphatic heterocycles. The van der Waals surface area contributed by atoms with E-state index in [9.17, 15) is 14.9 Å². The molecule has 0 saturated heterocycles. The minimum absolute atomic E-state index is 0. The van der Waals surface area contributed by atoms with Crippen molar-refractivity contribution >= 4 is 87.6 Å². The van der Waals surface area contributed by atoms with Crippen molar-refractivity contribution in [3.63, 3.8) is 0 Å². The highest BCUT2D eigenvalue weighted by atomic mass is 35.5. The standard InChI is InChI=1S/C26H21N9O3.2ClH/c27-23-14-24(34-26(28)33-23)31-18-3-1-2-15(12-18)25(36)32-17-6-4-16(5-7-17)30-22-10-11-29-21-9-8-19(35(37)38)13-20(21)22;;/h1-14H,(H,29,30)(H,32,36)(H5,27,28,31,33,34);2*1H. The number of nitrogen functional groups attached to an aromatic ring is 2. The fourth-order valence-electron chi connectivity index (χ4n) is 3.79. The lowest BCUT2D eigenvalue weighted by atomic mass is 10.1. The fraction of sp³-hybridized carbons (Fsp3) is 0. The van der Waals surface area contributed by atoms with Crippen molar-refractivity contribution in [3.8, 4) is 0 Å². The second-order valence-electron chi connectivity index (χ2n) is 8.22. The van der Waals surface area contributed by atoms with Crippen LogP contribution < -0.4 is 27.4 Å². The summed E-state index contributed by atoms with van der Waals surface area (Å²) in [5.74, 6) is 0.374. The molecule has 2 heterocycles. The van der Waals surface area contributed by atoms with Crippen molar-refractivity contribution < 1.29 is 9.72 Å². The van der Waals surface area contributed by atoms with Crippen LogP contribution in [0.2, 0.25) is 0 Å². The fourth-order valence-corrected chi connectivity index (χ4v) is 3.79. The molecular formula is C26H23Cl2N9O3. The monoisotopic (exact) mass is 579 g/mol. The molecule has 0 atom stereocenters. The van der Waals surface area contributed by atoms with Crippen molar-refractivity contribution in [2.24, 2.45) is 0 Å². The number of fused-ring (bicyclic) bond motifs is 1. The largest absolute Gasteiger partial charge is 0.383 e. The molecule has 0 unspecified atom stereocenters. The van der Waals surface area contributed by atoms with Gasteiger partial charge in [0.2, 0.25) is 5.95 Å². The zero-order valence-corrected chi connectivity index (χ0v) is 22.2. The summed E-state index contributed by atoms with van der Waals surface area (Å²) in [5, 5.41) is 21.0. The molecule has 0 spiro atoms. The van der Waals surface area contributed by atoms with Gasteiger partial charge < -0.3 is 27.4 Å². The van der Waals surface area contributed by atoms with E-state index >= 15 is 0 Å². The Morgan fingerprint density at radius 2 is 1.57 bits per heavy atom. The molecular weight excluding hydrogens is 557 g/mol. The van der Waals surface area contributed by atoms with Crippen LogP contribution in [-0.4, -0.2) is 25.8 Å². The van der Waals surface area contributed by atoms with Gasteiger partial charge in [-0.3, -0.25) is 19.9 Å². The third-order valence-corrected chi connectivity index (χ3v) is 5.52. The van der Waals surface area contributed by atoms with Crippen molar-refractivity contribution in [3.05, 3.63) is 101 Å². The van der Waals surface area contributed by atoms with E-state index in [1.54, 1.807) is 66.9 Å². The summed E-state index contributed by atoms with van der Waals surface area (Å²) in [4.78, 5) is 35.8. The summed E-state index contributed by atoms with van der Waals surface area (Å²) in [7, 11) is 0. The highest BCUT2D eigenvalue weighted by Crippen LogP contribution is 2.29. The number of nitro benzene ring substituents is 1. The van der Waals surface area contributed by atoms with E-state index in [0.717, 1.165) is 5.69 Å². The molecule has 5 aromatic rings. The topological polar surface area (TPSA) is 187 Å². The van der Waals surface area contributed by atoms with Gasteiger partial charge in [-0.05, 0) is 54.6 Å². The number of nitrogens with one attached hydrogen (secondary N) is 3. The molecule has 0 aliphatic rings. The average Bonchev–Trinajstić information content (AvgIpc) is 2.89. The quantitative estimate of drug-likeness (QED) is 0.118. The first kappa shape index (κ1) is 29.4. The van der Waals surface area contributed by atoms with Gasteiger partial charge in [0, 0.05) is 58.1 Å². The summed E-state index contributed by atoms with van der Waals surface area (Å²) < 4.78 is 0. The first-order valence-electron chi connectivity index (χ1n) is 11.3. The van der Waals surface area contributed by atoms with Crippen LogP contribution in [0.4, 0.5) is 46.0 Å². The number of pyridine rings is 1. The number of amides is 1. The zero-order chi connectivity index (χ0) is 26.6. The molecule has 204 valence electrons. The normalized spacial score (nSPS) is 10.1. The minimum Gasteiger partial charge on any atom is -0.383 e. The number of benzene rings is 3. The first-order chi connectivity index (χ1) is 18.3. The third kappa shape index (κ3) is 6.81. The van der Waals surface area contributed by atoms with Crippen LogP contribution in [0.1, 0.15) is 10.4 Å². The number of hydrogen-bond donors (Lipinski definition) is 5. The molecule has 7 N–H and O–H groups in total. The molecule has 0 saturated carbocycles. The molecule has 5 rings (SSSR count). The van der Waals surface area contributed by atoms with E-state index in [0.29, 0.717) is 39.3 Å². The second kappa shape index (κ2) is 12.6. The van der Waals surface area contributed by atoms with E-state index in [1.807, 2.05) is 0 Å². The number of carbonyl (C=O) groups excluding carboxylic acids is 1. The minimum atomic E-state index is -0.443. The Hall–Kier alpha value is -5.20. The van der Waals surface area contributed by atoms with Crippen LogP contribution in [0, 0.1) is 10.1 Å². The van der Waals surface area contributed by atoms with E-state index in [2.05, 4.69) is 30.9 Å². The van der Waals surface area contributed by atoms with Gasteiger partial charge in [-0.25, -0.2) is 0 Å². The number of carbonyl (C=O) groups is 1. The highest BCUT2D eigenvalue weighted by molar-refractivity contribution is 6.05. The van der Waals surface area contributed by atoms with Crippen molar-refractivity contribution in [2.45, 2.75) is 0 Å². The van der Waals surface area contributed by atoms with Crippen LogP contribution >= 0.6 is 24.8 Å². The number of non-ortho nitro benzene ring substituents is 1. The lowest BCUT2D eigenvalue weighted by Gasteiger charge is -2.11. The summed E-state index contributed by atoms with van der Waals surface area (Å²) >= 11 is 0. The molecule has 3 aromatic carbocycles. The van der Waals surface area contributed by atoms with Crippen LogP contribution in [0.15, 0.2) is 85.1 Å². The van der Waals surface area contributed by atoms with Crippen LogP contribution in [-0.2, 0) is 0 Å². The first-order valence-corrected chi connectivity index (χ1v) is 11.3. The Morgan fingerprint density at radius 1 is 0.825 bits per heavy atom. The van der Waals surface area contributed by atoms with Crippen molar-refractivity contribution in [1.82, 2.24) is 15.0 Å². The van der Waals surface area contributed by atoms with E-state index in [-0.39, 0.29) is 48.2 Å². The predicted molar refractivity (Wildman–Crippen MR) is 161 cm³/mol. The van der Waals surface area contributed by atoms with Crippen molar-refractivity contribution in [2.75, 3.05) is 27.4 Å². The number of nitrogens with two attached hydrogens (primary N) is 2. The number of hydrogen-bond acceptors (Lipinski definition) is 10. The molecule has 40 heavy (non-hydrogen) atoms. The van der Waals surface area contributed by atoms with Gasteiger partial charge >= 0.3 is 0 Å². The molecule has 0 radical (unpaired) electrons. The molecule has 12 nitrogen and oxygen atoms in total. The number of rotatable bonds is 7. The maximum absolute atomic E-state index is 12.9. The third-order valence-electron chi connectivity index (χ3n) is 5.52. The van der Waals surface area contributed by atoms with Crippen LogP contribution in [0.5, 0.6) is 0 Å². The maximum atomic E-state index is 12.9. The summed E-state index contributed by atoms with van der Waals surface area (Å²) in [6, 6.07) is 21.8. The second-order valence-corrected chi connectivity index (χ2v) is 8.22. The number of anilines is 7. The smallest absolute Gasteiger partial charge is 0.270 e. The Morgan fingerprint density at radius 3 is 2.30 bits per heavy atom. The number of nitro groups is 1. The Labute approximate surface area is 240 Å². The average molecular weight is 580 g/mol. The maximum Gasteiger partial charge on any atom is 0.270 e. The zero-order valence-electron chi connectivity index (χ0n) is 20.6. The molecule has 1 amide bonds. The highest BCUT2D eigenvalue weighted by Gasteiger charge is 2.11. The van der Waals surface area contributed by atoms with Crippen molar-refractivity contribution in [1.29, 1.82) is 0 Å². The molecule has 2 aromatic heterocycles. The van der Waals surface area contributed by atoms with Gasteiger partial charge in [0.25, 0.3) is 11.6 Å². The lowest BCUT2D eigenvalue weighted by Crippen LogP contribution is -2.12. The molecule has 0 aliphatic carbocycles. The Balaban J connectivity index is 0.00000220. The number of aromatic nitrogens is 3. The summed E-state index contributed by atoms with van der Waals surface area (Å²) in [5.41, 5.74) is 15.0. The summed E-state index contributed by atoms with van der Waals surface area (Å²) in [6.07, 6.45) is 1.63. The Bertz CT molecular complexity index is 1660. The van der Waals surface area contributed by atoms with Gasteiger partial charge in [-0.2, -0.15) is 9.97 Å². The molecule has 0 bridgehead atoms. The van der Waals surface area contributed by atoms with Gasteiger partial charge in [0.1, 0.15) is 11.6 Å². The molecule has 0 fully saturated rings. The van der Waals surface area contributed by atoms with Gasteiger partial charge in [0.15, 0.2) is 0 Å². The van der Waals surface area contributed by atoms with Gasteiger partial charge in [-0.1, -0.05) is 6.07 Å². The number of halogens is 2. The van der Waals surface area contributed by atoms with E-state index in [1.165, 1.54) is 18.2 Å². The summed E-state index contributed by atoms with van der Waals surface area (Å²) in [6.45, 7) is 0. The SMILES string of the molecule is Cl.Cl.Nc1cc(Nc2cccc(C(=O)Nc3ccc(Nc4ccnc5ccc([N+](=O)[O-])cc45)cc3)c2)nc(N)n1. The van der Waals surface area contributed by atoms with E-state index < -0.39 is 4.92 Å². The lowest BCUT2D eigenvalue weighted by molar-refractivity contribution is -0.384.